The lowest BCUT2D eigenvalue weighted by Gasteiger charge is -2.21. The molecule has 1 heterocycles. The van der Waals surface area contributed by atoms with E-state index < -0.39 is 0 Å². The molecule has 0 spiro atoms. The fourth-order valence-electron chi connectivity index (χ4n) is 1.01. The van der Waals surface area contributed by atoms with Crippen molar-refractivity contribution < 1.29 is 4.79 Å². The van der Waals surface area contributed by atoms with E-state index in [0.717, 1.165) is 6.54 Å². The van der Waals surface area contributed by atoms with E-state index in [0.29, 0.717) is 5.25 Å². The van der Waals surface area contributed by atoms with E-state index in [9.17, 15) is 4.79 Å². The fraction of sp³-hybridized carbons (Fsp3) is 0.875. The molecular formula is C8H14BrNOS2. The van der Waals surface area contributed by atoms with Crippen LogP contribution in [0.3, 0.4) is 0 Å². The molecule has 5 heteroatoms. The molecule has 0 radical (unpaired) electrons. The molecule has 76 valence electrons. The minimum Gasteiger partial charge on any atom is -0.354 e. The van der Waals surface area contributed by atoms with E-state index >= 15 is 0 Å². The lowest BCUT2D eigenvalue weighted by atomic mass is 10.4. The Hall–Kier alpha value is 0.650. The van der Waals surface area contributed by atoms with Crippen molar-refractivity contribution in [3.05, 3.63) is 0 Å². The lowest BCUT2D eigenvalue weighted by Crippen LogP contribution is -2.36. The van der Waals surface area contributed by atoms with Crippen molar-refractivity contribution in [3.8, 4) is 0 Å². The van der Waals surface area contributed by atoms with Gasteiger partial charge in [-0.3, -0.25) is 4.79 Å². The van der Waals surface area contributed by atoms with Crippen LogP contribution in [-0.2, 0) is 4.79 Å². The first-order chi connectivity index (χ1) is 6.20. The predicted molar refractivity (Wildman–Crippen MR) is 65.0 cm³/mol. The molecule has 1 N–H and O–H groups in total. The first-order valence-electron chi connectivity index (χ1n) is 4.31. The molecule has 1 saturated heterocycles. The van der Waals surface area contributed by atoms with Gasteiger partial charge in [0.05, 0.1) is 4.83 Å². The van der Waals surface area contributed by atoms with Crippen LogP contribution in [0.2, 0.25) is 0 Å². The van der Waals surface area contributed by atoms with Gasteiger partial charge < -0.3 is 5.32 Å². The molecule has 0 saturated carbocycles. The minimum atomic E-state index is -0.0752. The Morgan fingerprint density at radius 2 is 2.46 bits per heavy atom. The molecular weight excluding hydrogens is 270 g/mol. The normalized spacial score (nSPS) is 25.2. The maximum Gasteiger partial charge on any atom is 0.233 e. The average molecular weight is 284 g/mol. The van der Waals surface area contributed by atoms with Crippen LogP contribution in [0, 0.1) is 0 Å². The van der Waals surface area contributed by atoms with Gasteiger partial charge in [-0.05, 0) is 6.92 Å². The molecule has 1 rings (SSSR count). The number of amides is 1. The number of alkyl halides is 1. The topological polar surface area (TPSA) is 29.1 Å². The standard InChI is InChI=1S/C8H14BrNOS2/c1-6(9)8(11)10-4-7-5-12-2-3-13-7/h6-7H,2-5H2,1H3,(H,10,11). The largest absolute Gasteiger partial charge is 0.354 e. The third-order valence-corrected chi connectivity index (χ3v) is 5.01. The second kappa shape index (κ2) is 6.19. The molecule has 1 aliphatic heterocycles. The number of halogens is 1. The quantitative estimate of drug-likeness (QED) is 0.800. The molecule has 2 unspecified atom stereocenters. The van der Waals surface area contributed by atoms with Gasteiger partial charge in [0.15, 0.2) is 0 Å². The van der Waals surface area contributed by atoms with E-state index in [-0.39, 0.29) is 10.7 Å². The van der Waals surface area contributed by atoms with Crippen LogP contribution in [0.4, 0.5) is 0 Å². The molecule has 13 heavy (non-hydrogen) atoms. The van der Waals surface area contributed by atoms with Crippen LogP contribution in [-0.4, -0.2) is 39.8 Å². The van der Waals surface area contributed by atoms with Gasteiger partial charge >= 0.3 is 0 Å². The highest BCUT2D eigenvalue weighted by molar-refractivity contribution is 9.10. The molecule has 1 fully saturated rings. The summed E-state index contributed by atoms with van der Waals surface area (Å²) in [6.07, 6.45) is 0. The van der Waals surface area contributed by atoms with Gasteiger partial charge in [0, 0.05) is 29.1 Å². The first-order valence-corrected chi connectivity index (χ1v) is 7.43. The number of nitrogens with one attached hydrogen (secondary N) is 1. The molecule has 0 aromatic carbocycles. The second-order valence-corrected chi connectivity index (χ2v) is 6.86. The van der Waals surface area contributed by atoms with Crippen LogP contribution >= 0.6 is 39.5 Å². The molecule has 0 aromatic rings. The Morgan fingerprint density at radius 1 is 1.69 bits per heavy atom. The smallest absolute Gasteiger partial charge is 0.233 e. The summed E-state index contributed by atoms with van der Waals surface area (Å²) in [7, 11) is 0. The van der Waals surface area contributed by atoms with Crippen molar-refractivity contribution in [1.82, 2.24) is 5.32 Å². The Balaban J connectivity index is 2.13. The third kappa shape index (κ3) is 4.61. The van der Waals surface area contributed by atoms with Crippen LogP contribution in [0.1, 0.15) is 6.92 Å². The molecule has 0 aromatic heterocycles. The van der Waals surface area contributed by atoms with Gasteiger partial charge in [-0.15, -0.1) is 0 Å². The number of hydrogen-bond donors (Lipinski definition) is 1. The highest BCUT2D eigenvalue weighted by atomic mass is 79.9. The zero-order valence-corrected chi connectivity index (χ0v) is 10.8. The van der Waals surface area contributed by atoms with Crippen molar-refractivity contribution in [2.75, 3.05) is 23.8 Å². The summed E-state index contributed by atoms with van der Waals surface area (Å²) in [6.45, 7) is 2.66. The maximum absolute atomic E-state index is 11.2. The zero-order valence-electron chi connectivity index (χ0n) is 7.59. The summed E-state index contributed by atoms with van der Waals surface area (Å²) >= 11 is 7.19. The number of carbonyl (C=O) groups is 1. The molecule has 1 aliphatic rings. The Bertz CT molecular complexity index is 172. The van der Waals surface area contributed by atoms with Crippen molar-refractivity contribution in [2.24, 2.45) is 0 Å². The minimum absolute atomic E-state index is 0.0752. The van der Waals surface area contributed by atoms with Crippen molar-refractivity contribution >= 4 is 45.4 Å². The van der Waals surface area contributed by atoms with Gasteiger partial charge in [-0.25, -0.2) is 0 Å². The lowest BCUT2D eigenvalue weighted by molar-refractivity contribution is -0.120. The number of carbonyl (C=O) groups excluding carboxylic acids is 1. The SMILES string of the molecule is CC(Br)C(=O)NCC1CSCCS1. The van der Waals surface area contributed by atoms with Crippen molar-refractivity contribution in [3.63, 3.8) is 0 Å². The monoisotopic (exact) mass is 283 g/mol. The Morgan fingerprint density at radius 3 is 3.00 bits per heavy atom. The van der Waals surface area contributed by atoms with Crippen LogP contribution in [0.5, 0.6) is 0 Å². The molecule has 1 amide bonds. The van der Waals surface area contributed by atoms with Crippen molar-refractivity contribution in [2.45, 2.75) is 17.0 Å². The van der Waals surface area contributed by atoms with Gasteiger partial charge in [-0.2, -0.15) is 23.5 Å². The number of hydrogen-bond acceptors (Lipinski definition) is 3. The molecule has 0 aliphatic carbocycles. The van der Waals surface area contributed by atoms with E-state index in [1.807, 2.05) is 30.4 Å². The highest BCUT2D eigenvalue weighted by Gasteiger charge is 2.16. The number of thioether (sulfide) groups is 2. The molecule has 2 nitrogen and oxygen atoms in total. The van der Waals surface area contributed by atoms with Crippen molar-refractivity contribution in [1.29, 1.82) is 0 Å². The molecule has 0 bridgehead atoms. The summed E-state index contributed by atoms with van der Waals surface area (Å²) in [5.74, 6) is 3.73. The van der Waals surface area contributed by atoms with E-state index in [4.69, 9.17) is 0 Å². The predicted octanol–water partition coefficient (Wildman–Crippen LogP) is 1.73. The summed E-state index contributed by atoms with van der Waals surface area (Å²) in [5, 5.41) is 3.54. The van der Waals surface area contributed by atoms with E-state index in [1.54, 1.807) is 0 Å². The number of rotatable bonds is 3. The third-order valence-electron chi connectivity index (χ3n) is 1.75. The maximum atomic E-state index is 11.2. The van der Waals surface area contributed by atoms with Gasteiger partial charge in [0.1, 0.15) is 0 Å². The average Bonchev–Trinajstić information content (AvgIpc) is 2.15. The molecule has 2 atom stereocenters. The summed E-state index contributed by atoms with van der Waals surface area (Å²) in [4.78, 5) is 11.1. The Kier molecular flexibility index (Phi) is 5.58. The summed E-state index contributed by atoms with van der Waals surface area (Å²) in [5.41, 5.74) is 0. The first kappa shape index (κ1) is 11.7. The van der Waals surface area contributed by atoms with Crippen LogP contribution in [0.15, 0.2) is 0 Å². The van der Waals surface area contributed by atoms with E-state index in [2.05, 4.69) is 21.2 Å². The Labute approximate surface area is 96.1 Å². The summed E-state index contributed by atoms with van der Waals surface area (Å²) in [6, 6.07) is 0. The highest BCUT2D eigenvalue weighted by Crippen LogP contribution is 2.23. The van der Waals surface area contributed by atoms with Gasteiger partial charge in [-0.1, -0.05) is 15.9 Å². The van der Waals surface area contributed by atoms with Crippen LogP contribution < -0.4 is 5.32 Å². The fourth-order valence-corrected chi connectivity index (χ4v) is 3.78. The van der Waals surface area contributed by atoms with E-state index in [1.165, 1.54) is 17.3 Å². The van der Waals surface area contributed by atoms with Crippen LogP contribution in [0.25, 0.3) is 0 Å². The second-order valence-electron chi connectivity index (χ2n) is 2.93. The van der Waals surface area contributed by atoms with Gasteiger partial charge in [0.2, 0.25) is 5.91 Å². The zero-order chi connectivity index (χ0) is 9.68. The van der Waals surface area contributed by atoms with Gasteiger partial charge in [0.25, 0.3) is 0 Å². The summed E-state index contributed by atoms with van der Waals surface area (Å²) < 4.78 is 0.